The van der Waals surface area contributed by atoms with E-state index in [0.29, 0.717) is 0 Å². The van der Waals surface area contributed by atoms with Gasteiger partial charge in [0.25, 0.3) is 0 Å². The zero-order chi connectivity index (χ0) is 18.9. The fourth-order valence-corrected chi connectivity index (χ4v) is 4.76. The maximum Gasteiger partial charge on any atom is 0.159 e. The Morgan fingerprint density at radius 1 is 0.786 bits per heavy atom. The Labute approximate surface area is 163 Å². The van der Waals surface area contributed by atoms with E-state index in [1.54, 1.807) is 0 Å². The molecule has 2 aromatic heterocycles. The molecule has 1 aliphatic rings. The summed E-state index contributed by atoms with van der Waals surface area (Å²) in [4.78, 5) is 13.1. The molecule has 0 saturated carbocycles. The van der Waals surface area contributed by atoms with E-state index in [9.17, 15) is 0 Å². The fourth-order valence-electron chi connectivity index (χ4n) is 4.76. The molecule has 0 amide bonds. The minimum Gasteiger partial charge on any atom is -0.352 e. The lowest BCUT2D eigenvalue weighted by atomic mass is 9.81. The van der Waals surface area contributed by atoms with Gasteiger partial charge in [-0.3, -0.25) is 0 Å². The van der Waals surface area contributed by atoms with Gasteiger partial charge in [-0.2, -0.15) is 0 Å². The summed E-state index contributed by atoms with van der Waals surface area (Å²) >= 11 is 0. The standard InChI is InChI=1S/C25H19N3/c1-25(2)18-11-7-6-10-16(18)17-12-13-19-21(22(17)25)23-20(27-19)14-26-24(28-23)15-8-4-3-5-9-15/h3-14,27H,1-2H3. The van der Waals surface area contributed by atoms with E-state index in [0.717, 1.165) is 27.9 Å². The molecule has 0 aliphatic heterocycles. The second kappa shape index (κ2) is 5.29. The minimum atomic E-state index is -0.0710. The molecule has 0 saturated heterocycles. The van der Waals surface area contributed by atoms with E-state index in [1.165, 1.54) is 27.6 Å². The zero-order valence-electron chi connectivity index (χ0n) is 15.8. The van der Waals surface area contributed by atoms with Crippen molar-refractivity contribution in [1.29, 1.82) is 0 Å². The van der Waals surface area contributed by atoms with Crippen LogP contribution in [0.15, 0.2) is 72.9 Å². The van der Waals surface area contributed by atoms with Crippen LogP contribution in [0.1, 0.15) is 25.0 Å². The van der Waals surface area contributed by atoms with Crippen molar-refractivity contribution < 1.29 is 0 Å². The average Bonchev–Trinajstić information content (AvgIpc) is 3.21. The van der Waals surface area contributed by atoms with Gasteiger partial charge in [0.05, 0.1) is 11.7 Å². The molecule has 3 heteroatoms. The van der Waals surface area contributed by atoms with Crippen LogP contribution in [0.4, 0.5) is 0 Å². The molecule has 0 radical (unpaired) electrons. The smallest absolute Gasteiger partial charge is 0.159 e. The molecule has 0 unspecified atom stereocenters. The van der Waals surface area contributed by atoms with E-state index in [1.807, 2.05) is 24.4 Å². The Morgan fingerprint density at radius 2 is 1.57 bits per heavy atom. The number of nitrogens with zero attached hydrogens (tertiary/aromatic N) is 2. The van der Waals surface area contributed by atoms with Gasteiger partial charge in [-0.05, 0) is 28.3 Å². The summed E-state index contributed by atoms with van der Waals surface area (Å²) in [5, 5.41) is 1.22. The Balaban J connectivity index is 1.72. The first-order valence-electron chi connectivity index (χ1n) is 9.62. The molecule has 0 atom stereocenters. The molecule has 134 valence electrons. The number of aromatic nitrogens is 3. The molecular formula is C25H19N3. The number of H-pyrrole nitrogens is 1. The average molecular weight is 361 g/mol. The Bertz CT molecular complexity index is 1380. The van der Waals surface area contributed by atoms with Crippen LogP contribution in [-0.2, 0) is 5.41 Å². The Morgan fingerprint density at radius 3 is 2.43 bits per heavy atom. The topological polar surface area (TPSA) is 41.6 Å². The van der Waals surface area contributed by atoms with Crippen LogP contribution in [0.5, 0.6) is 0 Å². The first kappa shape index (κ1) is 15.6. The van der Waals surface area contributed by atoms with Crippen LogP contribution in [0.2, 0.25) is 0 Å². The van der Waals surface area contributed by atoms with Crippen LogP contribution in [-0.4, -0.2) is 15.0 Å². The van der Waals surface area contributed by atoms with Gasteiger partial charge < -0.3 is 4.98 Å². The minimum absolute atomic E-state index is 0.0710. The number of hydrogen-bond donors (Lipinski definition) is 1. The number of nitrogens with one attached hydrogen (secondary N) is 1. The van der Waals surface area contributed by atoms with Crippen molar-refractivity contribution >= 4 is 21.9 Å². The van der Waals surface area contributed by atoms with Crippen molar-refractivity contribution in [2.75, 3.05) is 0 Å². The summed E-state index contributed by atoms with van der Waals surface area (Å²) in [6.07, 6.45) is 1.91. The van der Waals surface area contributed by atoms with Crippen molar-refractivity contribution in [3.8, 4) is 22.5 Å². The number of rotatable bonds is 1. The largest absolute Gasteiger partial charge is 0.352 e. The summed E-state index contributed by atoms with van der Waals surface area (Å²) in [5.41, 5.74) is 9.45. The summed E-state index contributed by atoms with van der Waals surface area (Å²) in [6, 6.07) is 23.3. The summed E-state index contributed by atoms with van der Waals surface area (Å²) in [5.74, 6) is 0.764. The maximum atomic E-state index is 5.00. The molecule has 5 aromatic rings. The molecule has 1 N–H and O–H groups in total. The molecule has 3 aromatic carbocycles. The second-order valence-electron chi connectivity index (χ2n) is 8.03. The van der Waals surface area contributed by atoms with Gasteiger partial charge in [0, 0.05) is 21.9 Å². The molecule has 3 nitrogen and oxygen atoms in total. The van der Waals surface area contributed by atoms with Crippen LogP contribution in [0.3, 0.4) is 0 Å². The highest BCUT2D eigenvalue weighted by molar-refractivity contribution is 6.11. The Hall–Kier alpha value is -3.46. The number of hydrogen-bond acceptors (Lipinski definition) is 2. The zero-order valence-corrected chi connectivity index (χ0v) is 15.8. The maximum absolute atomic E-state index is 5.00. The van der Waals surface area contributed by atoms with Gasteiger partial charge in [-0.1, -0.05) is 74.5 Å². The summed E-state index contributed by atoms with van der Waals surface area (Å²) in [6.45, 7) is 4.63. The van der Waals surface area contributed by atoms with Crippen LogP contribution < -0.4 is 0 Å². The predicted molar refractivity (Wildman–Crippen MR) is 114 cm³/mol. The third-order valence-electron chi connectivity index (χ3n) is 6.05. The number of benzene rings is 3. The van der Waals surface area contributed by atoms with Gasteiger partial charge in [0.1, 0.15) is 5.52 Å². The van der Waals surface area contributed by atoms with Gasteiger partial charge in [0.15, 0.2) is 5.82 Å². The molecule has 0 spiro atoms. The summed E-state index contributed by atoms with van der Waals surface area (Å²) < 4.78 is 0. The van der Waals surface area contributed by atoms with E-state index in [2.05, 4.69) is 72.3 Å². The molecule has 0 bridgehead atoms. The van der Waals surface area contributed by atoms with E-state index in [4.69, 9.17) is 4.98 Å². The van der Waals surface area contributed by atoms with Crippen LogP contribution >= 0.6 is 0 Å². The molecular weight excluding hydrogens is 342 g/mol. The van der Waals surface area contributed by atoms with E-state index >= 15 is 0 Å². The van der Waals surface area contributed by atoms with E-state index < -0.39 is 0 Å². The molecule has 6 rings (SSSR count). The van der Waals surface area contributed by atoms with Gasteiger partial charge in [-0.15, -0.1) is 0 Å². The van der Waals surface area contributed by atoms with Crippen molar-refractivity contribution in [1.82, 2.24) is 15.0 Å². The lowest BCUT2D eigenvalue weighted by molar-refractivity contribution is 0.666. The normalized spacial score (nSPS) is 14.4. The molecule has 1 aliphatic carbocycles. The first-order valence-corrected chi connectivity index (χ1v) is 9.62. The highest BCUT2D eigenvalue weighted by Crippen LogP contribution is 2.52. The summed E-state index contributed by atoms with van der Waals surface area (Å²) in [7, 11) is 0. The SMILES string of the molecule is CC1(C)c2ccccc2-c2ccc3[nH]c4cnc(-c5ccccc5)nc4c3c21. The predicted octanol–water partition coefficient (Wildman–Crippen LogP) is 6.08. The number of aromatic amines is 1. The van der Waals surface area contributed by atoms with Crippen LogP contribution in [0.25, 0.3) is 44.5 Å². The van der Waals surface area contributed by atoms with Crippen molar-refractivity contribution in [3.63, 3.8) is 0 Å². The van der Waals surface area contributed by atoms with Crippen molar-refractivity contribution in [3.05, 3.63) is 84.1 Å². The van der Waals surface area contributed by atoms with Gasteiger partial charge in [0.2, 0.25) is 0 Å². The fraction of sp³-hybridized carbons (Fsp3) is 0.120. The van der Waals surface area contributed by atoms with Gasteiger partial charge >= 0.3 is 0 Å². The third-order valence-corrected chi connectivity index (χ3v) is 6.05. The second-order valence-corrected chi connectivity index (χ2v) is 8.03. The molecule has 28 heavy (non-hydrogen) atoms. The third kappa shape index (κ3) is 1.93. The van der Waals surface area contributed by atoms with Gasteiger partial charge in [-0.25, -0.2) is 9.97 Å². The molecule has 0 fully saturated rings. The Kier molecular flexibility index (Phi) is 2.95. The van der Waals surface area contributed by atoms with Crippen molar-refractivity contribution in [2.24, 2.45) is 0 Å². The van der Waals surface area contributed by atoms with Crippen LogP contribution in [0, 0.1) is 0 Å². The monoisotopic (exact) mass is 361 g/mol. The highest BCUT2D eigenvalue weighted by Gasteiger charge is 2.37. The highest BCUT2D eigenvalue weighted by atomic mass is 14.9. The lowest BCUT2D eigenvalue weighted by Gasteiger charge is -2.22. The van der Waals surface area contributed by atoms with E-state index in [-0.39, 0.29) is 5.41 Å². The number of fused-ring (bicyclic) bond motifs is 7. The molecule has 2 heterocycles. The lowest BCUT2D eigenvalue weighted by Crippen LogP contribution is -2.15. The first-order chi connectivity index (χ1) is 13.6. The van der Waals surface area contributed by atoms with Crippen molar-refractivity contribution in [2.45, 2.75) is 19.3 Å². The quantitative estimate of drug-likeness (QED) is 0.393.